The molecule has 136 valence electrons. The van der Waals surface area contributed by atoms with Gasteiger partial charge in [-0.15, -0.1) is 0 Å². The van der Waals surface area contributed by atoms with E-state index < -0.39 is 17.9 Å². The number of nitrogens with two attached hydrogens (primary N) is 1. The molecule has 3 rings (SSSR count). The monoisotopic (exact) mass is 350 g/mol. The molecular weight excluding hydrogens is 324 g/mol. The molecule has 4 nitrogen and oxygen atoms in total. The molecule has 0 unspecified atom stereocenters. The van der Waals surface area contributed by atoms with E-state index in [1.807, 2.05) is 60.7 Å². The summed E-state index contributed by atoms with van der Waals surface area (Å²) >= 11 is 0. The van der Waals surface area contributed by atoms with E-state index in [0.717, 1.165) is 36.8 Å². The van der Waals surface area contributed by atoms with Crippen LogP contribution in [-0.2, 0) is 9.59 Å². The average molecular weight is 350 g/mol. The minimum Gasteiger partial charge on any atom is -0.368 e. The van der Waals surface area contributed by atoms with Crippen LogP contribution in [0.1, 0.15) is 49.1 Å². The molecule has 1 aliphatic carbocycles. The molecule has 1 atom stereocenters. The Labute approximate surface area is 154 Å². The summed E-state index contributed by atoms with van der Waals surface area (Å²) in [5.41, 5.74) is 7.45. The van der Waals surface area contributed by atoms with Gasteiger partial charge in [0.1, 0.15) is 6.04 Å². The van der Waals surface area contributed by atoms with Crippen LogP contribution in [0.15, 0.2) is 60.7 Å². The number of carbonyl (C=O) groups excluding carboxylic acids is 2. The van der Waals surface area contributed by atoms with Gasteiger partial charge >= 0.3 is 0 Å². The zero-order valence-corrected chi connectivity index (χ0v) is 14.9. The van der Waals surface area contributed by atoms with Gasteiger partial charge in [-0.1, -0.05) is 79.9 Å². The molecule has 0 aliphatic heterocycles. The molecule has 1 aliphatic rings. The lowest BCUT2D eigenvalue weighted by molar-refractivity contribution is -0.129. The Kier molecular flexibility index (Phi) is 6.05. The van der Waals surface area contributed by atoms with Crippen molar-refractivity contribution < 1.29 is 9.59 Å². The SMILES string of the molecule is NC(=O)[C@@H](NC(=O)C(c1ccccc1)c1ccccc1)C1CCCCC1. The summed E-state index contributed by atoms with van der Waals surface area (Å²) in [6.07, 6.45) is 5.24. The Bertz CT molecular complexity index is 685. The van der Waals surface area contributed by atoms with Crippen LogP contribution in [0.5, 0.6) is 0 Å². The fourth-order valence-corrected chi connectivity index (χ4v) is 3.91. The van der Waals surface area contributed by atoms with Gasteiger partial charge in [0, 0.05) is 0 Å². The Balaban J connectivity index is 1.86. The lowest BCUT2D eigenvalue weighted by atomic mass is 9.83. The third-order valence-electron chi connectivity index (χ3n) is 5.25. The van der Waals surface area contributed by atoms with Crippen LogP contribution >= 0.6 is 0 Å². The standard InChI is InChI=1S/C22H26N2O2/c23-21(25)20(18-14-8-3-9-15-18)24-22(26)19(16-10-4-1-5-11-16)17-12-6-2-7-13-17/h1-2,4-7,10-13,18-20H,3,8-9,14-15H2,(H2,23,25)(H,24,26)/t20-/m0/s1. The molecule has 1 saturated carbocycles. The predicted octanol–water partition coefficient (Wildman–Crippen LogP) is 3.37. The van der Waals surface area contributed by atoms with Crippen molar-refractivity contribution in [2.24, 2.45) is 11.7 Å². The van der Waals surface area contributed by atoms with Gasteiger partial charge in [0.2, 0.25) is 11.8 Å². The van der Waals surface area contributed by atoms with Crippen LogP contribution in [-0.4, -0.2) is 17.9 Å². The first-order chi connectivity index (χ1) is 12.7. The second kappa shape index (κ2) is 8.65. The zero-order chi connectivity index (χ0) is 18.4. The van der Waals surface area contributed by atoms with Crippen LogP contribution in [0.3, 0.4) is 0 Å². The van der Waals surface area contributed by atoms with E-state index >= 15 is 0 Å². The van der Waals surface area contributed by atoms with E-state index in [1.54, 1.807) is 0 Å². The van der Waals surface area contributed by atoms with Crippen molar-refractivity contribution in [3.63, 3.8) is 0 Å². The largest absolute Gasteiger partial charge is 0.368 e. The molecule has 2 aromatic rings. The van der Waals surface area contributed by atoms with Gasteiger partial charge in [-0.25, -0.2) is 0 Å². The average Bonchev–Trinajstić information content (AvgIpc) is 2.68. The fourth-order valence-electron chi connectivity index (χ4n) is 3.91. The van der Waals surface area contributed by atoms with E-state index in [-0.39, 0.29) is 11.8 Å². The summed E-state index contributed by atoms with van der Waals surface area (Å²) in [7, 11) is 0. The summed E-state index contributed by atoms with van der Waals surface area (Å²) < 4.78 is 0. The fraction of sp³-hybridized carbons (Fsp3) is 0.364. The summed E-state index contributed by atoms with van der Waals surface area (Å²) in [5.74, 6) is -0.929. The third kappa shape index (κ3) is 4.31. The quantitative estimate of drug-likeness (QED) is 0.838. The zero-order valence-electron chi connectivity index (χ0n) is 14.9. The maximum atomic E-state index is 13.2. The molecule has 0 bridgehead atoms. The second-order valence-electron chi connectivity index (χ2n) is 7.04. The van der Waals surface area contributed by atoms with E-state index in [4.69, 9.17) is 5.73 Å². The highest BCUT2D eigenvalue weighted by Crippen LogP contribution is 2.29. The molecule has 2 aromatic carbocycles. The van der Waals surface area contributed by atoms with Gasteiger partial charge < -0.3 is 11.1 Å². The van der Waals surface area contributed by atoms with Crippen LogP contribution < -0.4 is 11.1 Å². The predicted molar refractivity (Wildman–Crippen MR) is 102 cm³/mol. The topological polar surface area (TPSA) is 72.2 Å². The highest BCUT2D eigenvalue weighted by Gasteiger charge is 2.32. The van der Waals surface area contributed by atoms with Crippen LogP contribution in [0, 0.1) is 5.92 Å². The van der Waals surface area contributed by atoms with E-state index in [1.165, 1.54) is 6.42 Å². The van der Waals surface area contributed by atoms with Gasteiger partial charge in [0.15, 0.2) is 0 Å². The first-order valence-electron chi connectivity index (χ1n) is 9.36. The highest BCUT2D eigenvalue weighted by atomic mass is 16.2. The third-order valence-corrected chi connectivity index (χ3v) is 5.25. The van der Waals surface area contributed by atoms with E-state index in [9.17, 15) is 9.59 Å². The maximum Gasteiger partial charge on any atom is 0.240 e. The maximum absolute atomic E-state index is 13.2. The minimum absolute atomic E-state index is 0.136. The summed E-state index contributed by atoms with van der Waals surface area (Å²) in [6, 6.07) is 18.7. The van der Waals surface area contributed by atoms with Crippen molar-refractivity contribution in [2.45, 2.75) is 44.1 Å². The molecule has 0 spiro atoms. The molecule has 2 amide bonds. The molecule has 0 saturated heterocycles. The Hall–Kier alpha value is -2.62. The lowest BCUT2D eigenvalue weighted by Crippen LogP contribution is -2.51. The Morgan fingerprint density at radius 1 is 0.846 bits per heavy atom. The van der Waals surface area contributed by atoms with Gasteiger partial charge in [-0.2, -0.15) is 0 Å². The molecule has 3 N–H and O–H groups in total. The minimum atomic E-state index is -0.599. The van der Waals surface area contributed by atoms with E-state index in [0.29, 0.717) is 0 Å². The van der Waals surface area contributed by atoms with Gasteiger partial charge in [-0.05, 0) is 29.9 Å². The van der Waals surface area contributed by atoms with Gasteiger partial charge in [0.25, 0.3) is 0 Å². The number of benzene rings is 2. The Morgan fingerprint density at radius 3 is 1.81 bits per heavy atom. The first kappa shape index (κ1) is 18.2. The Morgan fingerprint density at radius 2 is 1.35 bits per heavy atom. The highest BCUT2D eigenvalue weighted by molar-refractivity contribution is 5.92. The molecule has 0 aromatic heterocycles. The second-order valence-corrected chi connectivity index (χ2v) is 7.04. The smallest absolute Gasteiger partial charge is 0.240 e. The molecule has 26 heavy (non-hydrogen) atoms. The van der Waals surface area contributed by atoms with Crippen molar-refractivity contribution >= 4 is 11.8 Å². The lowest BCUT2D eigenvalue weighted by Gasteiger charge is -2.30. The molecule has 1 fully saturated rings. The van der Waals surface area contributed by atoms with Crippen molar-refractivity contribution in [2.75, 3.05) is 0 Å². The normalized spacial score (nSPS) is 16.2. The number of carbonyl (C=O) groups is 2. The van der Waals surface area contributed by atoms with Crippen LogP contribution in [0.25, 0.3) is 0 Å². The molecular formula is C22H26N2O2. The van der Waals surface area contributed by atoms with Gasteiger partial charge in [0.05, 0.1) is 5.92 Å². The first-order valence-corrected chi connectivity index (χ1v) is 9.36. The molecule has 4 heteroatoms. The number of hydrogen-bond acceptors (Lipinski definition) is 2. The molecule has 0 heterocycles. The summed E-state index contributed by atoms with van der Waals surface area (Å²) in [5, 5.41) is 2.97. The van der Waals surface area contributed by atoms with E-state index in [2.05, 4.69) is 5.32 Å². The number of amides is 2. The summed E-state index contributed by atoms with van der Waals surface area (Å²) in [4.78, 5) is 25.2. The summed E-state index contributed by atoms with van der Waals surface area (Å²) in [6.45, 7) is 0. The molecule has 0 radical (unpaired) electrons. The number of primary amides is 1. The number of rotatable bonds is 6. The van der Waals surface area contributed by atoms with Crippen molar-refractivity contribution in [1.29, 1.82) is 0 Å². The van der Waals surface area contributed by atoms with Gasteiger partial charge in [-0.3, -0.25) is 9.59 Å². The van der Waals surface area contributed by atoms with Crippen molar-refractivity contribution in [3.8, 4) is 0 Å². The van der Waals surface area contributed by atoms with Crippen molar-refractivity contribution in [3.05, 3.63) is 71.8 Å². The van der Waals surface area contributed by atoms with Crippen LogP contribution in [0.2, 0.25) is 0 Å². The van der Waals surface area contributed by atoms with Crippen LogP contribution in [0.4, 0.5) is 0 Å². The number of hydrogen-bond donors (Lipinski definition) is 2. The number of nitrogens with one attached hydrogen (secondary N) is 1. The van der Waals surface area contributed by atoms with Crippen molar-refractivity contribution in [1.82, 2.24) is 5.32 Å².